The Balaban J connectivity index is 1.97. The molecule has 0 saturated heterocycles. The number of aromatic amines is 1. The van der Waals surface area contributed by atoms with Gasteiger partial charge in [0.2, 0.25) is 5.91 Å². The lowest BCUT2D eigenvalue weighted by atomic mass is 10.0. The zero-order valence-electron chi connectivity index (χ0n) is 10.1. The second-order valence-electron chi connectivity index (χ2n) is 3.99. The number of benzene rings is 1. The van der Waals surface area contributed by atoms with Crippen molar-refractivity contribution < 1.29 is 14.7 Å². The molecule has 2 aromatic rings. The number of hydrogen-bond donors (Lipinski definition) is 3. The van der Waals surface area contributed by atoms with Crippen molar-refractivity contribution in [3.63, 3.8) is 0 Å². The number of carbonyl (C=O) groups is 2. The summed E-state index contributed by atoms with van der Waals surface area (Å²) in [5.41, 5.74) is 1.44. The first-order valence-corrected chi connectivity index (χ1v) is 5.72. The van der Waals surface area contributed by atoms with Gasteiger partial charge in [0, 0.05) is 6.20 Å². The number of nitrogens with one attached hydrogen (secondary N) is 2. The summed E-state index contributed by atoms with van der Waals surface area (Å²) in [7, 11) is 0. The van der Waals surface area contributed by atoms with E-state index in [2.05, 4.69) is 15.3 Å². The zero-order valence-corrected chi connectivity index (χ0v) is 10.1. The molecule has 1 aromatic carbocycles. The van der Waals surface area contributed by atoms with E-state index >= 15 is 0 Å². The summed E-state index contributed by atoms with van der Waals surface area (Å²) in [6, 6.07) is 6.47. The standard InChI is InChI=1S/C13H13N3O3/c17-12(15-7-10-6-14-8-16-10)5-9-3-1-2-4-11(9)13(18)19/h1-4,6,8H,5,7H2,(H,14,16)(H,15,17)(H,18,19). The molecule has 0 saturated carbocycles. The smallest absolute Gasteiger partial charge is 0.335 e. The highest BCUT2D eigenvalue weighted by atomic mass is 16.4. The number of carbonyl (C=O) groups excluding carboxylic acids is 1. The molecule has 6 heteroatoms. The molecular formula is C13H13N3O3. The lowest BCUT2D eigenvalue weighted by molar-refractivity contribution is -0.120. The minimum Gasteiger partial charge on any atom is -0.478 e. The van der Waals surface area contributed by atoms with Gasteiger partial charge in [-0.05, 0) is 11.6 Å². The summed E-state index contributed by atoms with van der Waals surface area (Å²) < 4.78 is 0. The number of H-pyrrole nitrogens is 1. The summed E-state index contributed by atoms with van der Waals surface area (Å²) in [4.78, 5) is 29.4. The van der Waals surface area contributed by atoms with Crippen LogP contribution in [0.1, 0.15) is 21.6 Å². The van der Waals surface area contributed by atoms with Gasteiger partial charge >= 0.3 is 5.97 Å². The Labute approximate surface area is 109 Å². The van der Waals surface area contributed by atoms with E-state index in [1.165, 1.54) is 12.4 Å². The van der Waals surface area contributed by atoms with Gasteiger partial charge in [0.25, 0.3) is 0 Å². The van der Waals surface area contributed by atoms with Crippen LogP contribution in [-0.2, 0) is 17.8 Å². The fourth-order valence-electron chi connectivity index (χ4n) is 1.69. The number of hydrogen-bond acceptors (Lipinski definition) is 3. The minimum atomic E-state index is -1.03. The second-order valence-corrected chi connectivity index (χ2v) is 3.99. The van der Waals surface area contributed by atoms with E-state index in [0.29, 0.717) is 12.1 Å². The number of carboxylic acids is 1. The monoisotopic (exact) mass is 259 g/mol. The number of carboxylic acid groups (broad SMARTS) is 1. The normalized spacial score (nSPS) is 10.1. The van der Waals surface area contributed by atoms with Gasteiger partial charge in [0.15, 0.2) is 0 Å². The molecule has 98 valence electrons. The van der Waals surface area contributed by atoms with Gasteiger partial charge in [-0.25, -0.2) is 9.78 Å². The Morgan fingerprint density at radius 1 is 1.32 bits per heavy atom. The number of imidazole rings is 1. The topological polar surface area (TPSA) is 95.1 Å². The molecule has 2 rings (SSSR count). The van der Waals surface area contributed by atoms with Gasteiger partial charge in [0.1, 0.15) is 0 Å². The predicted octanol–water partition coefficient (Wildman–Crippen LogP) is 0.967. The maximum absolute atomic E-state index is 11.7. The third-order valence-corrected chi connectivity index (χ3v) is 2.63. The Hall–Kier alpha value is -2.63. The SMILES string of the molecule is O=C(Cc1ccccc1C(=O)O)NCc1cnc[nH]1. The Morgan fingerprint density at radius 3 is 2.79 bits per heavy atom. The van der Waals surface area contributed by atoms with E-state index in [4.69, 9.17) is 5.11 Å². The number of nitrogens with zero attached hydrogens (tertiary/aromatic N) is 1. The van der Waals surface area contributed by atoms with E-state index in [9.17, 15) is 9.59 Å². The number of rotatable bonds is 5. The average Bonchev–Trinajstić information content (AvgIpc) is 2.90. The van der Waals surface area contributed by atoms with Crippen LogP contribution in [0, 0.1) is 0 Å². The summed E-state index contributed by atoms with van der Waals surface area (Å²) in [6.07, 6.45) is 3.18. The maximum atomic E-state index is 11.7. The number of amides is 1. The second kappa shape index (κ2) is 5.81. The highest BCUT2D eigenvalue weighted by Crippen LogP contribution is 2.09. The third kappa shape index (κ3) is 3.41. The van der Waals surface area contributed by atoms with Crippen LogP contribution in [0.15, 0.2) is 36.8 Å². The minimum absolute atomic E-state index is 0.0383. The first kappa shape index (κ1) is 12.8. The molecule has 0 aliphatic heterocycles. The zero-order chi connectivity index (χ0) is 13.7. The van der Waals surface area contributed by atoms with Gasteiger partial charge in [-0.3, -0.25) is 4.79 Å². The molecule has 1 aromatic heterocycles. The summed E-state index contributed by atoms with van der Waals surface area (Å²) in [5.74, 6) is -1.26. The fourth-order valence-corrected chi connectivity index (χ4v) is 1.69. The average molecular weight is 259 g/mol. The molecule has 0 aliphatic carbocycles. The predicted molar refractivity (Wildman–Crippen MR) is 67.5 cm³/mol. The van der Waals surface area contributed by atoms with Crippen molar-refractivity contribution >= 4 is 11.9 Å². The number of aromatic nitrogens is 2. The highest BCUT2D eigenvalue weighted by molar-refractivity contribution is 5.91. The summed E-state index contributed by atoms with van der Waals surface area (Å²) >= 11 is 0. The van der Waals surface area contributed by atoms with Gasteiger partial charge in [-0.15, -0.1) is 0 Å². The fraction of sp³-hybridized carbons (Fsp3) is 0.154. The van der Waals surface area contributed by atoms with Crippen molar-refractivity contribution in [3.05, 3.63) is 53.6 Å². The molecular weight excluding hydrogens is 246 g/mol. The molecule has 1 heterocycles. The van der Waals surface area contributed by atoms with Crippen molar-refractivity contribution in [2.45, 2.75) is 13.0 Å². The first-order valence-electron chi connectivity index (χ1n) is 5.72. The van der Waals surface area contributed by atoms with Crippen LogP contribution in [0.4, 0.5) is 0 Å². The van der Waals surface area contributed by atoms with Gasteiger partial charge < -0.3 is 15.4 Å². The van der Waals surface area contributed by atoms with Crippen LogP contribution in [0.5, 0.6) is 0 Å². The molecule has 1 amide bonds. The molecule has 6 nitrogen and oxygen atoms in total. The molecule has 0 fully saturated rings. The van der Waals surface area contributed by atoms with Crippen molar-refractivity contribution in [3.8, 4) is 0 Å². The lowest BCUT2D eigenvalue weighted by Crippen LogP contribution is -2.25. The highest BCUT2D eigenvalue weighted by Gasteiger charge is 2.12. The summed E-state index contributed by atoms with van der Waals surface area (Å²) in [5, 5.41) is 11.7. The molecule has 19 heavy (non-hydrogen) atoms. The third-order valence-electron chi connectivity index (χ3n) is 2.63. The van der Waals surface area contributed by atoms with Crippen molar-refractivity contribution in [2.24, 2.45) is 0 Å². The van der Waals surface area contributed by atoms with Gasteiger partial charge in [-0.1, -0.05) is 18.2 Å². The van der Waals surface area contributed by atoms with Gasteiger partial charge in [-0.2, -0.15) is 0 Å². The lowest BCUT2D eigenvalue weighted by Gasteiger charge is -2.06. The van der Waals surface area contributed by atoms with Crippen LogP contribution in [0.3, 0.4) is 0 Å². The van der Waals surface area contributed by atoms with Crippen molar-refractivity contribution in [1.82, 2.24) is 15.3 Å². The maximum Gasteiger partial charge on any atom is 0.335 e. The van der Waals surface area contributed by atoms with Crippen molar-refractivity contribution in [1.29, 1.82) is 0 Å². The Morgan fingerprint density at radius 2 is 2.11 bits per heavy atom. The molecule has 0 atom stereocenters. The molecule has 0 bridgehead atoms. The Bertz CT molecular complexity index is 579. The molecule has 3 N–H and O–H groups in total. The van der Waals surface area contributed by atoms with E-state index in [0.717, 1.165) is 5.69 Å². The van der Waals surface area contributed by atoms with Crippen LogP contribution in [0.25, 0.3) is 0 Å². The van der Waals surface area contributed by atoms with Crippen LogP contribution < -0.4 is 5.32 Å². The largest absolute Gasteiger partial charge is 0.478 e. The molecule has 0 aliphatic rings. The quantitative estimate of drug-likeness (QED) is 0.745. The number of aromatic carboxylic acids is 1. The van der Waals surface area contributed by atoms with E-state index in [-0.39, 0.29) is 17.9 Å². The molecule has 0 radical (unpaired) electrons. The van der Waals surface area contributed by atoms with E-state index in [1.54, 1.807) is 24.4 Å². The summed E-state index contributed by atoms with van der Waals surface area (Å²) in [6.45, 7) is 0.341. The van der Waals surface area contributed by atoms with Gasteiger partial charge in [0.05, 0.1) is 30.6 Å². The van der Waals surface area contributed by atoms with Crippen LogP contribution in [0.2, 0.25) is 0 Å². The van der Waals surface area contributed by atoms with Crippen LogP contribution in [-0.4, -0.2) is 27.0 Å². The van der Waals surface area contributed by atoms with Crippen molar-refractivity contribution in [2.75, 3.05) is 0 Å². The first-order chi connectivity index (χ1) is 9.16. The molecule has 0 spiro atoms. The molecule has 0 unspecified atom stereocenters. The van der Waals surface area contributed by atoms with Crippen LogP contribution >= 0.6 is 0 Å². The van der Waals surface area contributed by atoms with E-state index < -0.39 is 5.97 Å². The Kier molecular flexibility index (Phi) is 3.92. The van der Waals surface area contributed by atoms with E-state index in [1.807, 2.05) is 0 Å².